The lowest BCUT2D eigenvalue weighted by Gasteiger charge is -2.36. The van der Waals surface area contributed by atoms with Crippen LogP contribution in [0.15, 0.2) is 35.3 Å². The molecule has 176 valence electrons. The summed E-state index contributed by atoms with van der Waals surface area (Å²) in [6.07, 6.45) is 7.39. The highest BCUT2D eigenvalue weighted by Crippen LogP contribution is 2.43. The van der Waals surface area contributed by atoms with Gasteiger partial charge >= 0.3 is 0 Å². The predicted molar refractivity (Wildman–Crippen MR) is 130 cm³/mol. The largest absolute Gasteiger partial charge is 0.496 e. The molecule has 5 rings (SSSR count). The van der Waals surface area contributed by atoms with Gasteiger partial charge in [0.15, 0.2) is 0 Å². The molecular weight excluding hydrogens is 414 g/mol. The molecule has 2 saturated carbocycles. The SMILES string of the molecule is COCc1cc2c(cc1OC)C(c1ccc(COC)c(OCC3CC3)c1)=NC1CCCCC21. The fourth-order valence-corrected chi connectivity index (χ4v) is 5.31. The summed E-state index contributed by atoms with van der Waals surface area (Å²) >= 11 is 0. The summed E-state index contributed by atoms with van der Waals surface area (Å²) in [5.74, 6) is 2.94. The number of nitrogens with zero attached hydrogens (tertiary/aromatic N) is 1. The van der Waals surface area contributed by atoms with E-state index in [9.17, 15) is 0 Å². The van der Waals surface area contributed by atoms with Gasteiger partial charge in [-0.3, -0.25) is 4.99 Å². The maximum atomic E-state index is 6.26. The Kier molecular flexibility index (Phi) is 6.70. The molecule has 1 heterocycles. The van der Waals surface area contributed by atoms with Crippen molar-refractivity contribution in [2.75, 3.05) is 27.9 Å². The van der Waals surface area contributed by atoms with Gasteiger partial charge < -0.3 is 18.9 Å². The minimum absolute atomic E-state index is 0.333. The zero-order valence-corrected chi connectivity index (χ0v) is 20.1. The third kappa shape index (κ3) is 4.67. The molecule has 1 aliphatic heterocycles. The fourth-order valence-electron chi connectivity index (χ4n) is 5.31. The van der Waals surface area contributed by atoms with Crippen molar-refractivity contribution in [1.29, 1.82) is 0 Å². The summed E-state index contributed by atoms with van der Waals surface area (Å²) in [4.78, 5) is 5.33. The second kappa shape index (κ2) is 9.86. The van der Waals surface area contributed by atoms with E-state index >= 15 is 0 Å². The summed E-state index contributed by atoms with van der Waals surface area (Å²) in [5, 5.41) is 0. The quantitative estimate of drug-likeness (QED) is 0.496. The molecule has 33 heavy (non-hydrogen) atoms. The molecule has 2 aliphatic carbocycles. The molecule has 0 amide bonds. The van der Waals surface area contributed by atoms with Crippen LogP contribution in [0, 0.1) is 5.92 Å². The fraction of sp³-hybridized carbons (Fsp3) is 0.536. The van der Waals surface area contributed by atoms with E-state index in [0.717, 1.165) is 46.9 Å². The number of benzene rings is 2. The second-order valence-corrected chi connectivity index (χ2v) is 9.63. The maximum absolute atomic E-state index is 6.26. The topological polar surface area (TPSA) is 49.3 Å². The Bertz CT molecular complexity index is 1030. The first-order valence-corrected chi connectivity index (χ1v) is 12.2. The Morgan fingerprint density at radius 1 is 0.848 bits per heavy atom. The van der Waals surface area contributed by atoms with Crippen molar-refractivity contribution in [3.05, 3.63) is 58.1 Å². The maximum Gasteiger partial charge on any atom is 0.125 e. The monoisotopic (exact) mass is 449 g/mol. The molecule has 0 N–H and O–H groups in total. The summed E-state index contributed by atoms with van der Waals surface area (Å²) in [6.45, 7) is 1.87. The molecule has 3 aliphatic rings. The van der Waals surface area contributed by atoms with Gasteiger partial charge in [-0.15, -0.1) is 0 Å². The van der Waals surface area contributed by atoms with Gasteiger partial charge in [0.05, 0.1) is 38.7 Å². The first-order chi connectivity index (χ1) is 16.2. The molecule has 0 saturated heterocycles. The molecule has 2 fully saturated rings. The Morgan fingerprint density at radius 2 is 1.64 bits per heavy atom. The van der Waals surface area contributed by atoms with E-state index in [1.165, 1.54) is 43.2 Å². The van der Waals surface area contributed by atoms with E-state index in [4.69, 9.17) is 23.9 Å². The van der Waals surface area contributed by atoms with Gasteiger partial charge in [-0.1, -0.05) is 25.0 Å². The van der Waals surface area contributed by atoms with Gasteiger partial charge in [0.1, 0.15) is 11.5 Å². The first-order valence-electron chi connectivity index (χ1n) is 12.2. The highest BCUT2D eigenvalue weighted by atomic mass is 16.5. The van der Waals surface area contributed by atoms with Gasteiger partial charge in [-0.2, -0.15) is 0 Å². The standard InChI is InChI=1S/C28H35NO4/c1-30-16-20-11-10-19(13-27(20)33-15-18-8-9-18)28-24-14-26(32-3)21(17-31-2)12-23(24)22-6-4-5-7-25(22)29-28/h10-14,18,22,25H,4-9,15-17H2,1-3H3. The van der Waals surface area contributed by atoms with Crippen molar-refractivity contribution in [1.82, 2.24) is 0 Å². The van der Waals surface area contributed by atoms with E-state index in [2.05, 4.69) is 30.3 Å². The van der Waals surface area contributed by atoms with Crippen LogP contribution in [0.4, 0.5) is 0 Å². The van der Waals surface area contributed by atoms with Crippen molar-refractivity contribution in [2.24, 2.45) is 10.9 Å². The molecule has 2 atom stereocenters. The van der Waals surface area contributed by atoms with Crippen LogP contribution in [0.25, 0.3) is 0 Å². The van der Waals surface area contributed by atoms with Crippen LogP contribution in [0.2, 0.25) is 0 Å². The van der Waals surface area contributed by atoms with Gasteiger partial charge in [-0.25, -0.2) is 0 Å². The normalized spacial score (nSPS) is 21.7. The van der Waals surface area contributed by atoms with Crippen LogP contribution in [0.5, 0.6) is 11.5 Å². The Balaban J connectivity index is 1.58. The number of rotatable bonds is 9. The average Bonchev–Trinajstić information content (AvgIpc) is 3.67. The van der Waals surface area contributed by atoms with Crippen molar-refractivity contribution in [3.63, 3.8) is 0 Å². The first kappa shape index (κ1) is 22.4. The van der Waals surface area contributed by atoms with E-state index in [-0.39, 0.29) is 0 Å². The molecule has 0 aromatic heterocycles. The second-order valence-electron chi connectivity index (χ2n) is 9.63. The van der Waals surface area contributed by atoms with Crippen LogP contribution < -0.4 is 9.47 Å². The summed E-state index contributed by atoms with van der Waals surface area (Å²) in [5.41, 5.74) is 6.92. The molecule has 0 bridgehead atoms. The molecule has 5 heteroatoms. The number of aliphatic imine (C=N–C) groups is 1. The Morgan fingerprint density at radius 3 is 2.39 bits per heavy atom. The summed E-state index contributed by atoms with van der Waals surface area (Å²) in [6, 6.07) is 11.3. The average molecular weight is 450 g/mol. The van der Waals surface area contributed by atoms with E-state index in [1.807, 2.05) is 0 Å². The molecule has 2 aromatic carbocycles. The van der Waals surface area contributed by atoms with Crippen molar-refractivity contribution >= 4 is 5.71 Å². The van der Waals surface area contributed by atoms with Crippen molar-refractivity contribution in [3.8, 4) is 11.5 Å². The predicted octanol–water partition coefficient (Wildman–Crippen LogP) is 5.65. The van der Waals surface area contributed by atoms with Gasteiger partial charge in [0.25, 0.3) is 0 Å². The molecule has 0 radical (unpaired) electrons. The lowest BCUT2D eigenvalue weighted by atomic mass is 9.74. The zero-order chi connectivity index (χ0) is 22.8. The molecule has 5 nitrogen and oxygen atoms in total. The third-order valence-electron chi connectivity index (χ3n) is 7.24. The van der Waals surface area contributed by atoms with Crippen molar-refractivity contribution < 1.29 is 18.9 Å². The number of fused-ring (bicyclic) bond motifs is 3. The summed E-state index contributed by atoms with van der Waals surface area (Å²) < 4.78 is 22.9. The van der Waals surface area contributed by atoms with Crippen LogP contribution in [0.1, 0.15) is 72.3 Å². The molecular formula is C28H35NO4. The van der Waals surface area contributed by atoms with Crippen molar-refractivity contribution in [2.45, 2.75) is 63.7 Å². The number of ether oxygens (including phenoxy) is 4. The lowest BCUT2D eigenvalue weighted by molar-refractivity contribution is 0.179. The Labute approximate surface area is 197 Å². The minimum atomic E-state index is 0.333. The van der Waals surface area contributed by atoms with E-state index < -0.39 is 0 Å². The zero-order valence-electron chi connectivity index (χ0n) is 20.1. The van der Waals surface area contributed by atoms with Crippen LogP contribution >= 0.6 is 0 Å². The molecule has 0 spiro atoms. The minimum Gasteiger partial charge on any atom is -0.496 e. The highest BCUT2D eigenvalue weighted by Gasteiger charge is 2.34. The van der Waals surface area contributed by atoms with Crippen LogP contribution in [-0.2, 0) is 22.7 Å². The number of methoxy groups -OCH3 is 3. The van der Waals surface area contributed by atoms with E-state index in [0.29, 0.717) is 31.1 Å². The van der Waals surface area contributed by atoms with Crippen LogP contribution in [-0.4, -0.2) is 39.7 Å². The van der Waals surface area contributed by atoms with Gasteiger partial charge in [-0.05, 0) is 55.4 Å². The molecule has 2 unspecified atom stereocenters. The number of hydrogen-bond acceptors (Lipinski definition) is 5. The smallest absolute Gasteiger partial charge is 0.125 e. The van der Waals surface area contributed by atoms with Gasteiger partial charge in [0, 0.05) is 42.4 Å². The van der Waals surface area contributed by atoms with E-state index in [1.54, 1.807) is 21.3 Å². The van der Waals surface area contributed by atoms with Crippen LogP contribution in [0.3, 0.4) is 0 Å². The third-order valence-corrected chi connectivity index (χ3v) is 7.24. The molecule has 2 aromatic rings. The summed E-state index contributed by atoms with van der Waals surface area (Å²) in [7, 11) is 5.19. The Hall–Kier alpha value is -2.37. The highest BCUT2D eigenvalue weighted by molar-refractivity contribution is 6.15. The number of hydrogen-bond donors (Lipinski definition) is 0. The van der Waals surface area contributed by atoms with Gasteiger partial charge in [0.2, 0.25) is 0 Å². The lowest BCUT2D eigenvalue weighted by Crippen LogP contribution is -2.30.